The topological polar surface area (TPSA) is 73.6 Å². The number of esters is 1. The Hall–Kier alpha value is -1.75. The van der Waals surface area contributed by atoms with Crippen LogP contribution in [0.5, 0.6) is 5.75 Å². The number of anilines is 1. The largest absolute Gasteiger partial charge is 0.491 e. The molecule has 22 heavy (non-hydrogen) atoms. The van der Waals surface area contributed by atoms with Crippen molar-refractivity contribution in [2.24, 2.45) is 0 Å². The first-order valence-electron chi connectivity index (χ1n) is 8.02. The van der Waals surface area contributed by atoms with Gasteiger partial charge in [0, 0.05) is 6.54 Å². The number of benzene rings is 1. The molecule has 0 bridgehead atoms. The molecule has 0 aliphatic rings. The average Bonchev–Trinajstić information content (AvgIpc) is 2.49. The number of hydrogen-bond acceptors (Lipinski definition) is 5. The normalized spacial score (nSPS) is 12.0. The van der Waals surface area contributed by atoms with E-state index in [0.29, 0.717) is 30.2 Å². The van der Waals surface area contributed by atoms with Gasteiger partial charge in [0.15, 0.2) is 0 Å². The highest BCUT2D eigenvalue weighted by Crippen LogP contribution is 2.23. The quantitative estimate of drug-likeness (QED) is 0.395. The zero-order chi connectivity index (χ0) is 16.4. The Morgan fingerprint density at radius 3 is 2.73 bits per heavy atom. The Balaban J connectivity index is 2.53. The summed E-state index contributed by atoms with van der Waals surface area (Å²) in [5.74, 6) is 0.250. The number of carbonyl (C=O) groups is 1. The smallest absolute Gasteiger partial charge is 0.338 e. The maximum Gasteiger partial charge on any atom is 0.338 e. The van der Waals surface area contributed by atoms with Crippen LogP contribution < -0.4 is 15.8 Å². The van der Waals surface area contributed by atoms with Crippen molar-refractivity contribution >= 4 is 11.7 Å². The summed E-state index contributed by atoms with van der Waals surface area (Å²) in [6, 6.07) is 5.02. The van der Waals surface area contributed by atoms with Crippen molar-refractivity contribution in [3.63, 3.8) is 0 Å². The Labute approximate surface area is 133 Å². The van der Waals surface area contributed by atoms with E-state index in [9.17, 15) is 4.79 Å². The summed E-state index contributed by atoms with van der Waals surface area (Å²) in [5, 5.41) is 3.22. The maximum atomic E-state index is 12.1. The summed E-state index contributed by atoms with van der Waals surface area (Å²) in [6.07, 6.45) is 2.91. The molecule has 0 radical (unpaired) electrons. The van der Waals surface area contributed by atoms with Gasteiger partial charge in [-0.2, -0.15) is 0 Å². The monoisotopic (exact) mass is 308 g/mol. The molecule has 0 unspecified atom stereocenters. The molecular formula is C17H28N2O3. The molecule has 0 aliphatic heterocycles. The summed E-state index contributed by atoms with van der Waals surface area (Å²) in [6.45, 7) is 8.25. The van der Waals surface area contributed by atoms with Gasteiger partial charge in [-0.25, -0.2) is 4.79 Å². The van der Waals surface area contributed by atoms with E-state index in [1.807, 2.05) is 6.92 Å². The van der Waals surface area contributed by atoms with Gasteiger partial charge in [-0.1, -0.05) is 20.3 Å². The number of hydrogen-bond donors (Lipinski definition) is 2. The summed E-state index contributed by atoms with van der Waals surface area (Å²) < 4.78 is 10.9. The second kappa shape index (κ2) is 10.1. The van der Waals surface area contributed by atoms with Crippen molar-refractivity contribution < 1.29 is 14.3 Å². The molecule has 0 aromatic heterocycles. The third-order valence-corrected chi connectivity index (χ3v) is 3.17. The fraction of sp³-hybridized carbons (Fsp3) is 0.588. The van der Waals surface area contributed by atoms with Crippen LogP contribution in [0, 0.1) is 0 Å². The lowest BCUT2D eigenvalue weighted by Crippen LogP contribution is -2.29. The number of nitrogens with two attached hydrogens (primary N) is 1. The number of ether oxygens (including phenoxy) is 2. The zero-order valence-electron chi connectivity index (χ0n) is 13.9. The third kappa shape index (κ3) is 6.35. The van der Waals surface area contributed by atoms with Gasteiger partial charge in [0.1, 0.15) is 11.9 Å². The first kappa shape index (κ1) is 18.3. The SMILES string of the molecule is CCCCOc1ccc(C(=O)O[C@H](C)CNCCC)cc1N. The highest BCUT2D eigenvalue weighted by atomic mass is 16.5. The van der Waals surface area contributed by atoms with Crippen molar-refractivity contribution in [2.75, 3.05) is 25.4 Å². The minimum absolute atomic E-state index is 0.180. The molecule has 1 atom stereocenters. The van der Waals surface area contributed by atoms with Crippen LogP contribution in [0.3, 0.4) is 0 Å². The van der Waals surface area contributed by atoms with E-state index in [-0.39, 0.29) is 12.1 Å². The standard InChI is InChI=1S/C17H28N2O3/c1-4-6-10-21-16-8-7-14(11-15(16)18)17(20)22-13(3)12-19-9-5-2/h7-8,11,13,19H,4-6,9-10,12,18H2,1-3H3/t13-/m1/s1. The number of rotatable bonds is 10. The van der Waals surface area contributed by atoms with Crippen LogP contribution in [0.15, 0.2) is 18.2 Å². The van der Waals surface area contributed by atoms with Gasteiger partial charge < -0.3 is 20.5 Å². The van der Waals surface area contributed by atoms with Crippen LogP contribution in [-0.4, -0.2) is 31.8 Å². The molecule has 1 aromatic carbocycles. The molecule has 0 amide bonds. The van der Waals surface area contributed by atoms with Crippen LogP contribution in [0.25, 0.3) is 0 Å². The van der Waals surface area contributed by atoms with E-state index in [2.05, 4.69) is 19.2 Å². The van der Waals surface area contributed by atoms with Gasteiger partial charge in [-0.15, -0.1) is 0 Å². The number of nitrogen functional groups attached to an aromatic ring is 1. The van der Waals surface area contributed by atoms with E-state index >= 15 is 0 Å². The van der Waals surface area contributed by atoms with E-state index in [1.165, 1.54) is 0 Å². The molecule has 1 rings (SSSR count). The Morgan fingerprint density at radius 2 is 2.09 bits per heavy atom. The lowest BCUT2D eigenvalue weighted by molar-refractivity contribution is 0.0343. The van der Waals surface area contributed by atoms with E-state index in [4.69, 9.17) is 15.2 Å². The molecule has 0 saturated heterocycles. The lowest BCUT2D eigenvalue weighted by Gasteiger charge is -2.15. The average molecular weight is 308 g/mol. The van der Waals surface area contributed by atoms with Gasteiger partial charge in [0.25, 0.3) is 0 Å². The van der Waals surface area contributed by atoms with Crippen LogP contribution in [0.1, 0.15) is 50.4 Å². The summed E-state index contributed by atoms with van der Waals surface area (Å²) in [7, 11) is 0. The third-order valence-electron chi connectivity index (χ3n) is 3.17. The summed E-state index contributed by atoms with van der Waals surface area (Å²) in [4.78, 5) is 12.1. The molecule has 3 N–H and O–H groups in total. The van der Waals surface area contributed by atoms with Crippen LogP contribution in [0.2, 0.25) is 0 Å². The van der Waals surface area contributed by atoms with E-state index in [1.54, 1.807) is 18.2 Å². The molecule has 124 valence electrons. The predicted molar refractivity (Wildman–Crippen MR) is 89.3 cm³/mol. The summed E-state index contributed by atoms with van der Waals surface area (Å²) >= 11 is 0. The lowest BCUT2D eigenvalue weighted by atomic mass is 10.2. The number of unbranched alkanes of at least 4 members (excludes halogenated alkanes) is 1. The molecular weight excluding hydrogens is 280 g/mol. The number of nitrogens with one attached hydrogen (secondary N) is 1. The second-order valence-electron chi connectivity index (χ2n) is 5.37. The van der Waals surface area contributed by atoms with Crippen LogP contribution >= 0.6 is 0 Å². The van der Waals surface area contributed by atoms with E-state index in [0.717, 1.165) is 25.8 Å². The Kier molecular flexibility index (Phi) is 8.36. The second-order valence-corrected chi connectivity index (χ2v) is 5.37. The van der Waals surface area contributed by atoms with Gasteiger partial charge in [0.05, 0.1) is 17.9 Å². The molecule has 5 nitrogen and oxygen atoms in total. The molecule has 1 aromatic rings. The van der Waals surface area contributed by atoms with Crippen LogP contribution in [-0.2, 0) is 4.74 Å². The maximum absolute atomic E-state index is 12.1. The number of carbonyl (C=O) groups excluding carboxylic acids is 1. The molecule has 0 aliphatic carbocycles. The Bertz CT molecular complexity index is 463. The summed E-state index contributed by atoms with van der Waals surface area (Å²) in [5.41, 5.74) is 6.83. The molecule has 5 heteroatoms. The highest BCUT2D eigenvalue weighted by Gasteiger charge is 2.13. The zero-order valence-corrected chi connectivity index (χ0v) is 13.9. The van der Waals surface area contributed by atoms with Gasteiger partial charge in [-0.3, -0.25) is 0 Å². The fourth-order valence-electron chi connectivity index (χ4n) is 1.91. The van der Waals surface area contributed by atoms with Crippen molar-refractivity contribution in [1.29, 1.82) is 0 Å². The molecule has 0 saturated carbocycles. The molecule has 0 fully saturated rings. The minimum atomic E-state index is -0.363. The molecule has 0 spiro atoms. The highest BCUT2D eigenvalue weighted by molar-refractivity contribution is 5.91. The van der Waals surface area contributed by atoms with Crippen molar-refractivity contribution in [1.82, 2.24) is 5.32 Å². The van der Waals surface area contributed by atoms with Gasteiger partial charge >= 0.3 is 5.97 Å². The first-order valence-corrected chi connectivity index (χ1v) is 8.02. The minimum Gasteiger partial charge on any atom is -0.491 e. The Morgan fingerprint density at radius 1 is 1.32 bits per heavy atom. The predicted octanol–water partition coefficient (Wildman–Crippen LogP) is 2.99. The van der Waals surface area contributed by atoms with Gasteiger partial charge in [0.2, 0.25) is 0 Å². The van der Waals surface area contributed by atoms with Crippen molar-refractivity contribution in [3.05, 3.63) is 23.8 Å². The first-order chi connectivity index (χ1) is 10.6. The van der Waals surface area contributed by atoms with Crippen molar-refractivity contribution in [3.8, 4) is 5.75 Å². The van der Waals surface area contributed by atoms with Crippen LogP contribution in [0.4, 0.5) is 5.69 Å². The van der Waals surface area contributed by atoms with Crippen molar-refractivity contribution in [2.45, 2.75) is 46.1 Å². The molecule has 0 heterocycles. The fourth-order valence-corrected chi connectivity index (χ4v) is 1.91. The van der Waals surface area contributed by atoms with E-state index < -0.39 is 0 Å². The van der Waals surface area contributed by atoms with Gasteiger partial charge in [-0.05, 0) is 44.5 Å².